The zero-order chi connectivity index (χ0) is 11.4. The summed E-state index contributed by atoms with van der Waals surface area (Å²) < 4.78 is 0. The first-order valence-electron chi connectivity index (χ1n) is 5.74. The lowest BCUT2D eigenvalue weighted by Crippen LogP contribution is -2.29. The Bertz CT molecular complexity index is 307. The Morgan fingerprint density at radius 3 is 2.47 bits per heavy atom. The van der Waals surface area contributed by atoms with Crippen LogP contribution >= 0.6 is 11.3 Å². The van der Waals surface area contributed by atoms with Gasteiger partial charge in [-0.2, -0.15) is 0 Å². The zero-order valence-electron chi connectivity index (χ0n) is 10.4. The number of hydrogen-bond donors (Lipinski definition) is 1. The van der Waals surface area contributed by atoms with Crippen molar-refractivity contribution >= 4 is 11.3 Å². The molecule has 1 aromatic heterocycles. The minimum absolute atomic E-state index is 0.372. The third-order valence-corrected chi connectivity index (χ3v) is 3.51. The van der Waals surface area contributed by atoms with Gasteiger partial charge in [0.1, 0.15) is 0 Å². The van der Waals surface area contributed by atoms with Crippen molar-refractivity contribution in [2.75, 3.05) is 0 Å². The Balaban J connectivity index is 2.60. The third-order valence-electron chi connectivity index (χ3n) is 2.61. The first kappa shape index (κ1) is 12.7. The molecule has 0 bridgehead atoms. The van der Waals surface area contributed by atoms with Gasteiger partial charge in [-0.15, -0.1) is 11.3 Å². The molecule has 0 spiro atoms. The van der Waals surface area contributed by atoms with E-state index in [0.717, 1.165) is 0 Å². The van der Waals surface area contributed by atoms with Gasteiger partial charge in [0.05, 0.1) is 10.7 Å². The van der Waals surface area contributed by atoms with Crippen molar-refractivity contribution in [3.05, 3.63) is 15.6 Å². The molecule has 2 unspecified atom stereocenters. The molecular weight excluding hydrogens is 204 g/mol. The smallest absolute Gasteiger partial charge is 0.0900 e. The van der Waals surface area contributed by atoms with Gasteiger partial charge in [0.25, 0.3) is 0 Å². The van der Waals surface area contributed by atoms with E-state index in [1.54, 1.807) is 11.3 Å². The van der Waals surface area contributed by atoms with Gasteiger partial charge in [-0.25, -0.2) is 4.98 Å². The van der Waals surface area contributed by atoms with E-state index in [1.165, 1.54) is 28.4 Å². The van der Waals surface area contributed by atoms with Gasteiger partial charge in [0, 0.05) is 17.0 Å². The Labute approximate surface area is 97.1 Å². The molecule has 15 heavy (non-hydrogen) atoms. The molecule has 0 aromatic carbocycles. The van der Waals surface area contributed by atoms with Crippen LogP contribution in [0, 0.1) is 13.8 Å². The zero-order valence-corrected chi connectivity index (χ0v) is 11.2. The largest absolute Gasteiger partial charge is 0.306 e. The quantitative estimate of drug-likeness (QED) is 0.830. The van der Waals surface area contributed by atoms with Crippen molar-refractivity contribution in [2.45, 2.75) is 59.5 Å². The van der Waals surface area contributed by atoms with E-state index >= 15 is 0 Å². The van der Waals surface area contributed by atoms with Crippen molar-refractivity contribution in [3.8, 4) is 0 Å². The maximum Gasteiger partial charge on any atom is 0.0900 e. The normalized spacial score (nSPS) is 15.3. The Morgan fingerprint density at radius 2 is 2.00 bits per heavy atom. The minimum atomic E-state index is 0.372. The van der Waals surface area contributed by atoms with E-state index in [-0.39, 0.29) is 0 Å². The van der Waals surface area contributed by atoms with Crippen LogP contribution in [0.1, 0.15) is 55.2 Å². The second kappa shape index (κ2) is 5.61. The second-order valence-electron chi connectivity index (χ2n) is 4.25. The van der Waals surface area contributed by atoms with Crippen molar-refractivity contribution < 1.29 is 0 Å². The average molecular weight is 226 g/mol. The van der Waals surface area contributed by atoms with Crippen molar-refractivity contribution in [3.63, 3.8) is 0 Å². The van der Waals surface area contributed by atoms with Crippen molar-refractivity contribution in [2.24, 2.45) is 0 Å². The van der Waals surface area contributed by atoms with Crippen molar-refractivity contribution in [1.82, 2.24) is 10.3 Å². The number of nitrogens with one attached hydrogen (secondary N) is 1. The summed E-state index contributed by atoms with van der Waals surface area (Å²) in [6, 6.07) is 0.947. The van der Waals surface area contributed by atoms with Crippen LogP contribution in [0.15, 0.2) is 0 Å². The number of aromatic nitrogens is 1. The van der Waals surface area contributed by atoms with Crippen molar-refractivity contribution in [1.29, 1.82) is 0 Å². The third kappa shape index (κ3) is 3.58. The van der Waals surface area contributed by atoms with Crippen LogP contribution in [0.2, 0.25) is 0 Å². The molecule has 2 atom stereocenters. The lowest BCUT2D eigenvalue weighted by molar-refractivity contribution is 0.447. The highest BCUT2D eigenvalue weighted by Gasteiger charge is 2.14. The minimum Gasteiger partial charge on any atom is -0.306 e. The van der Waals surface area contributed by atoms with Gasteiger partial charge in [-0.1, -0.05) is 13.3 Å². The highest BCUT2D eigenvalue weighted by Crippen LogP contribution is 2.22. The molecule has 1 rings (SSSR count). The second-order valence-corrected chi connectivity index (χ2v) is 5.66. The monoisotopic (exact) mass is 226 g/mol. The summed E-state index contributed by atoms with van der Waals surface area (Å²) in [6.07, 6.45) is 2.46. The highest BCUT2D eigenvalue weighted by atomic mass is 32.1. The summed E-state index contributed by atoms with van der Waals surface area (Å²) in [5, 5.41) is 4.76. The highest BCUT2D eigenvalue weighted by molar-refractivity contribution is 7.11. The molecule has 0 saturated carbocycles. The number of hydrogen-bond acceptors (Lipinski definition) is 3. The lowest BCUT2D eigenvalue weighted by atomic mass is 10.1. The van der Waals surface area contributed by atoms with Crippen LogP contribution in [-0.4, -0.2) is 11.0 Å². The predicted octanol–water partition coefficient (Wildman–Crippen LogP) is 3.60. The number of thiazole rings is 1. The summed E-state index contributed by atoms with van der Waals surface area (Å²) in [7, 11) is 0. The van der Waals surface area contributed by atoms with E-state index in [9.17, 15) is 0 Å². The van der Waals surface area contributed by atoms with E-state index in [2.05, 4.69) is 44.9 Å². The maximum absolute atomic E-state index is 4.58. The predicted molar refractivity (Wildman–Crippen MR) is 67.5 cm³/mol. The molecule has 0 amide bonds. The number of nitrogens with zero attached hydrogens (tertiary/aromatic N) is 1. The molecule has 2 nitrogen and oxygen atoms in total. The summed E-state index contributed by atoms with van der Waals surface area (Å²) in [6.45, 7) is 10.9. The van der Waals surface area contributed by atoms with E-state index < -0.39 is 0 Å². The molecule has 1 N–H and O–H groups in total. The molecule has 0 aliphatic heterocycles. The van der Waals surface area contributed by atoms with E-state index in [4.69, 9.17) is 0 Å². The SMILES string of the molecule is CCCC(C)NC(C)c1nc(C)sc1C. The Morgan fingerprint density at radius 1 is 1.33 bits per heavy atom. The molecule has 0 aliphatic rings. The Hall–Kier alpha value is -0.410. The van der Waals surface area contributed by atoms with Crippen LogP contribution in [-0.2, 0) is 0 Å². The van der Waals surface area contributed by atoms with E-state index in [0.29, 0.717) is 12.1 Å². The molecule has 1 heterocycles. The van der Waals surface area contributed by atoms with Crippen LogP contribution in [0.25, 0.3) is 0 Å². The molecule has 0 aliphatic carbocycles. The summed E-state index contributed by atoms with van der Waals surface area (Å²) in [5.74, 6) is 0. The number of rotatable bonds is 5. The first-order valence-corrected chi connectivity index (χ1v) is 6.56. The Kier molecular flexibility index (Phi) is 4.74. The summed E-state index contributed by atoms with van der Waals surface area (Å²) >= 11 is 1.79. The van der Waals surface area contributed by atoms with Gasteiger partial charge < -0.3 is 5.32 Å². The fourth-order valence-electron chi connectivity index (χ4n) is 1.97. The molecule has 0 fully saturated rings. The summed E-state index contributed by atoms with van der Waals surface area (Å²) in [5.41, 5.74) is 1.22. The van der Waals surface area contributed by atoms with Crippen LogP contribution in [0.3, 0.4) is 0 Å². The van der Waals surface area contributed by atoms with Gasteiger partial charge in [0.2, 0.25) is 0 Å². The van der Waals surface area contributed by atoms with Crippen LogP contribution in [0.4, 0.5) is 0 Å². The maximum atomic E-state index is 4.58. The first-order chi connectivity index (χ1) is 7.04. The molecular formula is C12H22N2S. The molecule has 0 radical (unpaired) electrons. The summed E-state index contributed by atoms with van der Waals surface area (Å²) in [4.78, 5) is 5.92. The lowest BCUT2D eigenvalue weighted by Gasteiger charge is -2.18. The van der Waals surface area contributed by atoms with Crippen LogP contribution in [0.5, 0.6) is 0 Å². The van der Waals surface area contributed by atoms with Gasteiger partial charge in [0.15, 0.2) is 0 Å². The van der Waals surface area contributed by atoms with Crippen LogP contribution < -0.4 is 5.32 Å². The average Bonchev–Trinajstić information content (AvgIpc) is 2.45. The molecule has 86 valence electrons. The molecule has 1 aromatic rings. The topological polar surface area (TPSA) is 24.9 Å². The standard InChI is InChI=1S/C12H22N2S/c1-6-7-8(2)13-9(3)12-10(4)15-11(5)14-12/h8-9,13H,6-7H2,1-5H3. The molecule has 3 heteroatoms. The fraction of sp³-hybridized carbons (Fsp3) is 0.750. The van der Waals surface area contributed by atoms with E-state index in [1.807, 2.05) is 0 Å². The van der Waals surface area contributed by atoms with Gasteiger partial charge in [-0.05, 0) is 34.1 Å². The molecule has 0 saturated heterocycles. The number of aryl methyl sites for hydroxylation is 2. The van der Waals surface area contributed by atoms with Gasteiger partial charge >= 0.3 is 0 Å². The fourth-order valence-corrected chi connectivity index (χ4v) is 2.88. The van der Waals surface area contributed by atoms with Gasteiger partial charge in [-0.3, -0.25) is 0 Å².